The van der Waals surface area contributed by atoms with Gasteiger partial charge in [-0.25, -0.2) is 12.8 Å². The lowest BCUT2D eigenvalue weighted by atomic mass is 10.1. The Balaban J connectivity index is 2.61. The van der Waals surface area contributed by atoms with Gasteiger partial charge < -0.3 is 0 Å². The van der Waals surface area contributed by atoms with Crippen LogP contribution in [0.2, 0.25) is 0 Å². The summed E-state index contributed by atoms with van der Waals surface area (Å²) in [5, 5.41) is 0. The van der Waals surface area contributed by atoms with Gasteiger partial charge in [-0.2, -0.15) is 0 Å². The molecule has 0 aliphatic heterocycles. The first-order chi connectivity index (χ1) is 7.79. The lowest BCUT2D eigenvalue weighted by Gasteiger charge is -2.02. The molecule has 3 nitrogen and oxygen atoms in total. The van der Waals surface area contributed by atoms with Crippen LogP contribution in [-0.2, 0) is 9.84 Å². The number of ketones is 1. The molecule has 0 N–H and O–H groups in total. The van der Waals surface area contributed by atoms with Crippen molar-refractivity contribution in [2.45, 2.75) is 12.8 Å². The zero-order chi connectivity index (χ0) is 13.1. The van der Waals surface area contributed by atoms with Crippen LogP contribution in [0.4, 0.5) is 4.39 Å². The summed E-state index contributed by atoms with van der Waals surface area (Å²) in [6.45, 7) is 0. The van der Waals surface area contributed by atoms with Crippen LogP contribution >= 0.6 is 15.9 Å². The van der Waals surface area contributed by atoms with Crippen LogP contribution < -0.4 is 0 Å². The van der Waals surface area contributed by atoms with Crippen molar-refractivity contribution >= 4 is 31.6 Å². The average Bonchev–Trinajstić information content (AvgIpc) is 2.20. The maximum atomic E-state index is 12.9. The maximum Gasteiger partial charge on any atom is 0.162 e. The number of hydrogen-bond acceptors (Lipinski definition) is 3. The van der Waals surface area contributed by atoms with Gasteiger partial charge in [-0.15, -0.1) is 0 Å². The second-order valence-electron chi connectivity index (χ2n) is 3.79. The molecule has 1 aromatic rings. The number of Topliss-reactive ketones (excluding diaryl/α,β-unsaturated/α-hetero) is 1. The van der Waals surface area contributed by atoms with E-state index in [4.69, 9.17) is 0 Å². The van der Waals surface area contributed by atoms with Crippen molar-refractivity contribution in [1.29, 1.82) is 0 Å². The van der Waals surface area contributed by atoms with Crippen LogP contribution in [-0.4, -0.2) is 26.2 Å². The first kappa shape index (κ1) is 14.3. The molecule has 0 aliphatic rings. The molecule has 6 heteroatoms. The van der Waals surface area contributed by atoms with Crippen molar-refractivity contribution in [1.82, 2.24) is 0 Å². The molecule has 94 valence electrons. The van der Waals surface area contributed by atoms with Gasteiger partial charge in [-0.1, -0.05) is 0 Å². The quantitative estimate of drug-likeness (QED) is 0.783. The smallest absolute Gasteiger partial charge is 0.162 e. The minimum atomic E-state index is -3.04. The van der Waals surface area contributed by atoms with Crippen molar-refractivity contribution in [2.24, 2.45) is 0 Å². The Bertz CT molecular complexity index is 526. The molecule has 0 saturated carbocycles. The summed E-state index contributed by atoms with van der Waals surface area (Å²) in [5.41, 5.74) is 0.381. The number of carbonyl (C=O) groups excluding carboxylic acids is 1. The van der Waals surface area contributed by atoms with Crippen LogP contribution in [0.3, 0.4) is 0 Å². The summed E-state index contributed by atoms with van der Waals surface area (Å²) in [6, 6.07) is 3.99. The zero-order valence-corrected chi connectivity index (χ0v) is 11.6. The molecular formula is C11H12BrFO3S. The average molecular weight is 323 g/mol. The number of hydrogen-bond donors (Lipinski definition) is 0. The predicted molar refractivity (Wildman–Crippen MR) is 67.4 cm³/mol. The summed E-state index contributed by atoms with van der Waals surface area (Å²) < 4.78 is 34.9. The highest BCUT2D eigenvalue weighted by atomic mass is 79.9. The molecule has 17 heavy (non-hydrogen) atoms. The third kappa shape index (κ3) is 4.95. The lowest BCUT2D eigenvalue weighted by molar-refractivity contribution is 0.0982. The summed E-state index contributed by atoms with van der Waals surface area (Å²) in [6.07, 6.45) is 1.56. The topological polar surface area (TPSA) is 51.2 Å². The molecular weight excluding hydrogens is 311 g/mol. The van der Waals surface area contributed by atoms with Crippen molar-refractivity contribution in [3.63, 3.8) is 0 Å². The Kier molecular flexibility index (Phi) is 4.82. The molecule has 1 rings (SSSR count). The fourth-order valence-electron chi connectivity index (χ4n) is 1.31. The monoisotopic (exact) mass is 322 g/mol. The number of halogens is 2. The first-order valence-electron chi connectivity index (χ1n) is 4.95. The molecule has 0 amide bonds. The van der Waals surface area contributed by atoms with Crippen LogP contribution in [0.15, 0.2) is 22.7 Å². The van der Waals surface area contributed by atoms with Gasteiger partial charge in [0.2, 0.25) is 0 Å². The zero-order valence-electron chi connectivity index (χ0n) is 9.24. The van der Waals surface area contributed by atoms with E-state index in [9.17, 15) is 17.6 Å². The Labute approximate surface area is 108 Å². The Morgan fingerprint density at radius 1 is 1.41 bits per heavy atom. The van der Waals surface area contributed by atoms with Crippen molar-refractivity contribution in [3.05, 3.63) is 34.1 Å². The Morgan fingerprint density at radius 2 is 2.06 bits per heavy atom. The molecule has 1 aromatic carbocycles. The van der Waals surface area contributed by atoms with Gasteiger partial charge in [0.25, 0.3) is 0 Å². The summed E-state index contributed by atoms with van der Waals surface area (Å²) in [5.74, 6) is -0.631. The number of sulfone groups is 1. The van der Waals surface area contributed by atoms with E-state index in [-0.39, 0.29) is 28.9 Å². The molecule has 0 saturated heterocycles. The molecule has 0 heterocycles. The highest BCUT2D eigenvalue weighted by Gasteiger charge is 2.10. The number of rotatable bonds is 5. The van der Waals surface area contributed by atoms with Gasteiger partial charge in [0.05, 0.1) is 10.2 Å². The highest BCUT2D eigenvalue weighted by Crippen LogP contribution is 2.18. The predicted octanol–water partition coefficient (Wildman–Crippen LogP) is 2.60. The SMILES string of the molecule is CS(=O)(=O)CCCC(=O)c1ccc(F)c(Br)c1. The van der Waals surface area contributed by atoms with Gasteiger partial charge in [-0.05, 0) is 40.5 Å². The summed E-state index contributed by atoms with van der Waals surface area (Å²) in [4.78, 5) is 11.7. The van der Waals surface area contributed by atoms with Crippen LogP contribution in [0.1, 0.15) is 23.2 Å². The van der Waals surface area contributed by atoms with Crippen molar-refractivity contribution in [3.8, 4) is 0 Å². The van der Waals surface area contributed by atoms with E-state index in [1.165, 1.54) is 18.2 Å². The van der Waals surface area contributed by atoms with E-state index >= 15 is 0 Å². The summed E-state index contributed by atoms with van der Waals surface area (Å²) in [7, 11) is -3.04. The fourth-order valence-corrected chi connectivity index (χ4v) is 2.36. The minimum absolute atomic E-state index is 0.0128. The number of benzene rings is 1. The largest absolute Gasteiger partial charge is 0.294 e. The van der Waals surface area contributed by atoms with E-state index < -0.39 is 15.7 Å². The Hall–Kier alpha value is -0.750. The maximum absolute atomic E-state index is 12.9. The van der Waals surface area contributed by atoms with Gasteiger partial charge in [-0.3, -0.25) is 4.79 Å². The highest BCUT2D eigenvalue weighted by molar-refractivity contribution is 9.10. The third-order valence-electron chi connectivity index (χ3n) is 2.16. The molecule has 0 aliphatic carbocycles. The molecule has 0 unspecified atom stereocenters. The van der Waals surface area contributed by atoms with E-state index in [1.807, 2.05) is 0 Å². The van der Waals surface area contributed by atoms with Crippen molar-refractivity contribution in [2.75, 3.05) is 12.0 Å². The molecule has 0 aromatic heterocycles. The van der Waals surface area contributed by atoms with E-state index in [2.05, 4.69) is 15.9 Å². The van der Waals surface area contributed by atoms with Crippen LogP contribution in [0.5, 0.6) is 0 Å². The minimum Gasteiger partial charge on any atom is -0.294 e. The van der Waals surface area contributed by atoms with Gasteiger partial charge in [0, 0.05) is 18.2 Å². The normalized spacial score (nSPS) is 11.5. The van der Waals surface area contributed by atoms with Gasteiger partial charge >= 0.3 is 0 Å². The van der Waals surface area contributed by atoms with E-state index in [1.54, 1.807) is 0 Å². The lowest BCUT2D eigenvalue weighted by Crippen LogP contribution is -2.06. The van der Waals surface area contributed by atoms with E-state index in [0.717, 1.165) is 6.26 Å². The van der Waals surface area contributed by atoms with E-state index in [0.29, 0.717) is 5.56 Å². The number of carbonyl (C=O) groups is 1. The fraction of sp³-hybridized carbons (Fsp3) is 0.364. The summed E-state index contributed by atoms with van der Waals surface area (Å²) >= 11 is 2.99. The van der Waals surface area contributed by atoms with Gasteiger partial charge in [0.1, 0.15) is 15.7 Å². The molecule has 0 spiro atoms. The van der Waals surface area contributed by atoms with Crippen LogP contribution in [0, 0.1) is 5.82 Å². The molecule has 0 atom stereocenters. The van der Waals surface area contributed by atoms with Crippen molar-refractivity contribution < 1.29 is 17.6 Å². The molecule has 0 fully saturated rings. The first-order valence-corrected chi connectivity index (χ1v) is 7.81. The second kappa shape index (κ2) is 5.73. The van der Waals surface area contributed by atoms with Gasteiger partial charge in [0.15, 0.2) is 5.78 Å². The third-order valence-corrected chi connectivity index (χ3v) is 3.80. The standard InChI is InChI=1S/C11H12BrFO3S/c1-17(15,16)6-2-3-11(14)8-4-5-10(13)9(12)7-8/h4-5,7H,2-3,6H2,1H3. The Morgan fingerprint density at radius 3 is 2.59 bits per heavy atom. The molecule has 0 bridgehead atoms. The molecule has 0 radical (unpaired) electrons. The van der Waals surface area contributed by atoms with Crippen LogP contribution in [0.25, 0.3) is 0 Å². The second-order valence-corrected chi connectivity index (χ2v) is 6.90.